The van der Waals surface area contributed by atoms with Gasteiger partial charge in [0.05, 0.1) is 24.0 Å². The molecule has 5 rings (SSSR count). The van der Waals surface area contributed by atoms with Crippen molar-refractivity contribution >= 4 is 17.7 Å². The molecule has 1 unspecified atom stereocenters. The SMILES string of the molecule is CC(=O)NCC1OC(=O)N2c3ccc(-c4ccc(-c5cc(CO)on5)nc4)cc3C[C@@H]12. The molecule has 158 valence electrons. The van der Waals surface area contributed by atoms with Crippen LogP contribution in [0.5, 0.6) is 0 Å². The van der Waals surface area contributed by atoms with Crippen molar-refractivity contribution in [3.63, 3.8) is 0 Å². The number of ether oxygens (including phenoxy) is 1. The van der Waals surface area contributed by atoms with Gasteiger partial charge in [-0.15, -0.1) is 0 Å². The van der Waals surface area contributed by atoms with Crippen LogP contribution in [0.4, 0.5) is 10.5 Å². The Morgan fingerprint density at radius 3 is 2.77 bits per heavy atom. The summed E-state index contributed by atoms with van der Waals surface area (Å²) in [6.45, 7) is 1.53. The van der Waals surface area contributed by atoms with E-state index >= 15 is 0 Å². The highest BCUT2D eigenvalue weighted by Gasteiger charge is 2.47. The molecule has 9 heteroatoms. The van der Waals surface area contributed by atoms with Crippen LogP contribution in [0.3, 0.4) is 0 Å². The monoisotopic (exact) mass is 420 g/mol. The van der Waals surface area contributed by atoms with E-state index in [4.69, 9.17) is 14.4 Å². The second-order valence-electron chi connectivity index (χ2n) is 7.61. The second-order valence-corrected chi connectivity index (χ2v) is 7.61. The molecule has 0 aliphatic carbocycles. The summed E-state index contributed by atoms with van der Waals surface area (Å²) in [4.78, 5) is 29.7. The van der Waals surface area contributed by atoms with Crippen LogP contribution >= 0.6 is 0 Å². The van der Waals surface area contributed by atoms with Gasteiger partial charge in [0.1, 0.15) is 18.4 Å². The van der Waals surface area contributed by atoms with Crippen LogP contribution in [-0.2, 0) is 22.6 Å². The fourth-order valence-corrected chi connectivity index (χ4v) is 4.10. The zero-order chi connectivity index (χ0) is 21.5. The first-order valence-electron chi connectivity index (χ1n) is 9.94. The molecule has 2 aliphatic heterocycles. The average Bonchev–Trinajstić information content (AvgIpc) is 3.47. The number of aromatic nitrogens is 2. The molecular weight excluding hydrogens is 400 g/mol. The van der Waals surface area contributed by atoms with E-state index in [0.29, 0.717) is 30.1 Å². The number of pyridine rings is 1. The fraction of sp³-hybridized carbons (Fsp3) is 0.273. The van der Waals surface area contributed by atoms with Crippen molar-refractivity contribution in [2.45, 2.75) is 32.1 Å². The smallest absolute Gasteiger partial charge is 0.415 e. The number of benzene rings is 1. The molecule has 1 aromatic carbocycles. The minimum atomic E-state index is -0.382. The van der Waals surface area contributed by atoms with Gasteiger partial charge in [0, 0.05) is 24.8 Å². The highest BCUT2D eigenvalue weighted by atomic mass is 16.6. The topological polar surface area (TPSA) is 118 Å². The van der Waals surface area contributed by atoms with Crippen LogP contribution in [0.15, 0.2) is 47.1 Å². The normalized spacial score (nSPS) is 19.2. The first-order chi connectivity index (χ1) is 15.0. The first-order valence-corrected chi connectivity index (χ1v) is 9.94. The summed E-state index contributed by atoms with van der Waals surface area (Å²) in [6, 6.07) is 11.3. The van der Waals surface area contributed by atoms with Crippen LogP contribution in [0.25, 0.3) is 22.5 Å². The molecule has 2 amide bonds. The van der Waals surface area contributed by atoms with Crippen LogP contribution in [0.2, 0.25) is 0 Å². The Morgan fingerprint density at radius 1 is 1.23 bits per heavy atom. The van der Waals surface area contributed by atoms with Gasteiger partial charge < -0.3 is 19.7 Å². The van der Waals surface area contributed by atoms with Gasteiger partial charge in [-0.3, -0.25) is 14.7 Å². The van der Waals surface area contributed by atoms with Gasteiger partial charge >= 0.3 is 6.09 Å². The number of anilines is 1. The van der Waals surface area contributed by atoms with E-state index < -0.39 is 0 Å². The molecule has 0 spiro atoms. The third-order valence-corrected chi connectivity index (χ3v) is 5.60. The predicted molar refractivity (Wildman–Crippen MR) is 110 cm³/mol. The molecule has 3 aromatic rings. The number of cyclic esters (lactones) is 1. The lowest BCUT2D eigenvalue weighted by Gasteiger charge is -2.16. The van der Waals surface area contributed by atoms with E-state index in [1.807, 2.05) is 24.3 Å². The third kappa shape index (κ3) is 3.42. The minimum Gasteiger partial charge on any atom is -0.442 e. The Balaban J connectivity index is 1.37. The van der Waals surface area contributed by atoms with E-state index in [1.54, 1.807) is 17.2 Å². The lowest BCUT2D eigenvalue weighted by atomic mass is 10.0. The number of rotatable bonds is 5. The molecule has 9 nitrogen and oxygen atoms in total. The van der Waals surface area contributed by atoms with E-state index in [-0.39, 0.29) is 30.8 Å². The van der Waals surface area contributed by atoms with Gasteiger partial charge in [0.15, 0.2) is 5.76 Å². The maximum absolute atomic E-state index is 12.4. The van der Waals surface area contributed by atoms with Crippen molar-refractivity contribution in [2.24, 2.45) is 0 Å². The Hall–Kier alpha value is -3.72. The number of nitrogens with zero attached hydrogens (tertiary/aromatic N) is 3. The average molecular weight is 420 g/mol. The zero-order valence-electron chi connectivity index (χ0n) is 16.7. The number of aliphatic hydroxyl groups excluding tert-OH is 1. The highest BCUT2D eigenvalue weighted by Crippen LogP contribution is 2.40. The Bertz CT molecular complexity index is 1160. The summed E-state index contributed by atoms with van der Waals surface area (Å²) in [5.74, 6) is 0.233. The van der Waals surface area contributed by atoms with Crippen molar-refractivity contribution in [1.82, 2.24) is 15.5 Å². The molecule has 0 bridgehead atoms. The van der Waals surface area contributed by atoms with Crippen molar-refractivity contribution in [2.75, 3.05) is 11.4 Å². The number of aliphatic hydroxyl groups is 1. The van der Waals surface area contributed by atoms with E-state index in [2.05, 4.69) is 21.5 Å². The summed E-state index contributed by atoms with van der Waals surface area (Å²) < 4.78 is 10.5. The molecule has 0 radical (unpaired) electrons. The van der Waals surface area contributed by atoms with Crippen LogP contribution in [0, 0.1) is 0 Å². The molecule has 4 heterocycles. The maximum atomic E-state index is 12.4. The molecular formula is C22H20N4O5. The van der Waals surface area contributed by atoms with Gasteiger partial charge in [-0.25, -0.2) is 4.79 Å². The molecule has 2 aliphatic rings. The van der Waals surface area contributed by atoms with Crippen LogP contribution in [0.1, 0.15) is 18.2 Å². The van der Waals surface area contributed by atoms with E-state index in [0.717, 1.165) is 22.4 Å². The maximum Gasteiger partial charge on any atom is 0.415 e. The van der Waals surface area contributed by atoms with Crippen molar-refractivity contribution in [3.05, 3.63) is 53.9 Å². The Kier molecular flexibility index (Phi) is 4.67. The van der Waals surface area contributed by atoms with Crippen molar-refractivity contribution in [1.29, 1.82) is 0 Å². The predicted octanol–water partition coefficient (Wildman–Crippen LogP) is 2.28. The van der Waals surface area contributed by atoms with Crippen molar-refractivity contribution < 1.29 is 24.0 Å². The Morgan fingerprint density at radius 2 is 2.06 bits per heavy atom. The van der Waals surface area contributed by atoms with E-state index in [9.17, 15) is 9.59 Å². The van der Waals surface area contributed by atoms with Gasteiger partial charge in [-0.05, 0) is 35.7 Å². The second kappa shape index (κ2) is 7.51. The number of carbonyl (C=O) groups excluding carboxylic acids is 2. The lowest BCUT2D eigenvalue weighted by Crippen LogP contribution is -2.40. The number of hydrogen-bond donors (Lipinski definition) is 2. The summed E-state index contributed by atoms with van der Waals surface area (Å²) >= 11 is 0. The highest BCUT2D eigenvalue weighted by molar-refractivity contribution is 5.94. The number of amides is 2. The summed E-state index contributed by atoms with van der Waals surface area (Å²) in [5.41, 5.74) is 5.03. The minimum absolute atomic E-state index is 0.127. The molecule has 1 fully saturated rings. The molecule has 1 saturated heterocycles. The fourth-order valence-electron chi connectivity index (χ4n) is 4.10. The number of hydrogen-bond acceptors (Lipinski definition) is 7. The quantitative estimate of drug-likeness (QED) is 0.650. The molecule has 2 N–H and O–H groups in total. The van der Waals surface area contributed by atoms with Crippen molar-refractivity contribution in [3.8, 4) is 22.5 Å². The Labute approximate surface area is 177 Å². The lowest BCUT2D eigenvalue weighted by molar-refractivity contribution is -0.119. The molecule has 31 heavy (non-hydrogen) atoms. The molecule has 2 atom stereocenters. The van der Waals surface area contributed by atoms with Gasteiger partial charge in [-0.1, -0.05) is 17.3 Å². The largest absolute Gasteiger partial charge is 0.442 e. The summed E-state index contributed by atoms with van der Waals surface area (Å²) in [7, 11) is 0. The van der Waals surface area contributed by atoms with Crippen LogP contribution in [-0.4, -0.2) is 45.9 Å². The van der Waals surface area contributed by atoms with Crippen LogP contribution < -0.4 is 10.2 Å². The number of nitrogens with one attached hydrogen (secondary N) is 1. The summed E-state index contributed by atoms with van der Waals surface area (Å²) in [5, 5.41) is 15.7. The number of fused-ring (bicyclic) bond motifs is 3. The molecule has 0 saturated carbocycles. The zero-order valence-corrected chi connectivity index (χ0v) is 16.7. The standard InChI is InChI=1S/C22H20N4O5/c1-12(28)23-10-21-20-7-15-6-13(3-5-19(15)26(20)22(29)30-21)14-2-4-17(24-9-14)18-8-16(11-27)31-25-18/h2-6,8-9,20-21,27H,7,10-11H2,1H3,(H,23,28)/t20-,21?/m0/s1. The van der Waals surface area contributed by atoms with E-state index in [1.165, 1.54) is 6.92 Å². The molecule has 2 aromatic heterocycles. The first kappa shape index (κ1) is 19.3. The van der Waals surface area contributed by atoms with Gasteiger partial charge in [-0.2, -0.15) is 0 Å². The summed E-state index contributed by atoms with van der Waals surface area (Å²) in [6.07, 6.45) is 1.66. The number of carbonyl (C=O) groups is 2. The van der Waals surface area contributed by atoms with Gasteiger partial charge in [0.25, 0.3) is 0 Å². The third-order valence-electron chi connectivity index (χ3n) is 5.60. The van der Waals surface area contributed by atoms with Gasteiger partial charge in [0.2, 0.25) is 5.91 Å².